The summed E-state index contributed by atoms with van der Waals surface area (Å²) in [5.41, 5.74) is 0.814. The molecule has 0 amide bonds. The normalized spacial score (nSPS) is 12.0. The Bertz CT molecular complexity index is 265. The molecule has 1 aromatic rings. The van der Waals surface area contributed by atoms with Crippen molar-refractivity contribution in [3.8, 4) is 0 Å². The Hall–Kier alpha value is -0.930. The lowest BCUT2D eigenvalue weighted by molar-refractivity contribution is 0.0117. The third-order valence-corrected chi connectivity index (χ3v) is 1.78. The van der Waals surface area contributed by atoms with Crippen LogP contribution in [0.1, 0.15) is 31.7 Å². The van der Waals surface area contributed by atoms with Crippen LogP contribution in [-0.4, -0.2) is 11.1 Å². The SMILES string of the molecule is CCc1cc(CCC(C)(F)F)on1. The van der Waals surface area contributed by atoms with Crippen LogP contribution in [0.4, 0.5) is 8.78 Å². The molecule has 13 heavy (non-hydrogen) atoms. The van der Waals surface area contributed by atoms with E-state index in [-0.39, 0.29) is 12.8 Å². The molecule has 0 aliphatic carbocycles. The first-order chi connectivity index (χ1) is 6.01. The fourth-order valence-corrected chi connectivity index (χ4v) is 0.983. The maximum absolute atomic E-state index is 12.4. The molecule has 0 aromatic carbocycles. The molecule has 0 bridgehead atoms. The smallest absolute Gasteiger partial charge is 0.245 e. The van der Waals surface area contributed by atoms with Crippen LogP contribution in [0.3, 0.4) is 0 Å². The van der Waals surface area contributed by atoms with Gasteiger partial charge >= 0.3 is 0 Å². The van der Waals surface area contributed by atoms with Crippen LogP contribution in [0.2, 0.25) is 0 Å². The highest BCUT2D eigenvalue weighted by molar-refractivity contribution is 5.05. The Morgan fingerprint density at radius 2 is 2.23 bits per heavy atom. The molecule has 0 N–H and O–H groups in total. The summed E-state index contributed by atoms with van der Waals surface area (Å²) in [4.78, 5) is 0. The van der Waals surface area contributed by atoms with Crippen LogP contribution >= 0.6 is 0 Å². The molecule has 0 saturated heterocycles. The lowest BCUT2D eigenvalue weighted by Gasteiger charge is -2.06. The summed E-state index contributed by atoms with van der Waals surface area (Å²) in [5.74, 6) is -2.09. The standard InChI is InChI=1S/C9H13F2NO/c1-3-7-6-8(13-12-7)4-5-9(2,10)11/h6H,3-5H2,1-2H3. The Balaban J connectivity index is 2.46. The molecule has 0 aliphatic rings. The molecule has 0 spiro atoms. The van der Waals surface area contributed by atoms with Crippen molar-refractivity contribution in [1.82, 2.24) is 5.16 Å². The van der Waals surface area contributed by atoms with Crippen LogP contribution in [0.25, 0.3) is 0 Å². The molecule has 4 heteroatoms. The van der Waals surface area contributed by atoms with Crippen molar-refractivity contribution < 1.29 is 13.3 Å². The molecule has 0 fully saturated rings. The topological polar surface area (TPSA) is 26.0 Å². The van der Waals surface area contributed by atoms with Crippen molar-refractivity contribution in [3.63, 3.8) is 0 Å². The number of hydrogen-bond donors (Lipinski definition) is 0. The van der Waals surface area contributed by atoms with Crippen molar-refractivity contribution in [2.75, 3.05) is 0 Å². The van der Waals surface area contributed by atoms with Crippen LogP contribution in [0.5, 0.6) is 0 Å². The minimum absolute atomic E-state index is 0.189. The Kier molecular flexibility index (Phi) is 3.01. The zero-order valence-corrected chi connectivity index (χ0v) is 7.81. The number of halogens is 2. The van der Waals surface area contributed by atoms with Crippen molar-refractivity contribution in [2.45, 2.75) is 39.0 Å². The van der Waals surface area contributed by atoms with E-state index in [0.717, 1.165) is 19.0 Å². The highest BCUT2D eigenvalue weighted by Gasteiger charge is 2.21. The molecule has 74 valence electrons. The van der Waals surface area contributed by atoms with Gasteiger partial charge in [-0.15, -0.1) is 0 Å². The van der Waals surface area contributed by atoms with Gasteiger partial charge in [0.15, 0.2) is 0 Å². The van der Waals surface area contributed by atoms with E-state index in [1.807, 2.05) is 6.92 Å². The molecule has 0 saturated carbocycles. The van der Waals surface area contributed by atoms with Crippen molar-refractivity contribution >= 4 is 0 Å². The molecule has 1 heterocycles. The molecule has 1 rings (SSSR count). The maximum atomic E-state index is 12.4. The lowest BCUT2D eigenvalue weighted by atomic mass is 10.1. The van der Waals surface area contributed by atoms with Gasteiger partial charge in [0.2, 0.25) is 5.92 Å². The molecular weight excluding hydrogens is 176 g/mol. The lowest BCUT2D eigenvalue weighted by Crippen LogP contribution is -2.10. The van der Waals surface area contributed by atoms with Crippen LogP contribution in [0.15, 0.2) is 10.6 Å². The summed E-state index contributed by atoms with van der Waals surface area (Å²) >= 11 is 0. The van der Waals surface area contributed by atoms with E-state index in [1.54, 1.807) is 6.07 Å². The van der Waals surface area contributed by atoms with Crippen molar-refractivity contribution in [3.05, 3.63) is 17.5 Å². The zero-order valence-electron chi connectivity index (χ0n) is 7.81. The molecule has 0 atom stereocenters. The number of alkyl halides is 2. The largest absolute Gasteiger partial charge is 0.361 e. The van der Waals surface area contributed by atoms with Crippen molar-refractivity contribution in [1.29, 1.82) is 0 Å². The van der Waals surface area contributed by atoms with E-state index >= 15 is 0 Å². The summed E-state index contributed by atoms with van der Waals surface area (Å²) in [5, 5.41) is 3.72. The maximum Gasteiger partial charge on any atom is 0.245 e. The number of nitrogens with zero attached hydrogens (tertiary/aromatic N) is 1. The molecule has 1 aromatic heterocycles. The second kappa shape index (κ2) is 3.85. The van der Waals surface area contributed by atoms with E-state index in [2.05, 4.69) is 5.16 Å². The highest BCUT2D eigenvalue weighted by Crippen LogP contribution is 2.19. The summed E-state index contributed by atoms with van der Waals surface area (Å²) in [7, 11) is 0. The van der Waals surface area contributed by atoms with Gasteiger partial charge in [0.05, 0.1) is 5.69 Å². The minimum Gasteiger partial charge on any atom is -0.361 e. The number of aryl methyl sites for hydroxylation is 2. The third-order valence-electron chi connectivity index (χ3n) is 1.78. The monoisotopic (exact) mass is 189 g/mol. The van der Waals surface area contributed by atoms with Gasteiger partial charge in [-0.3, -0.25) is 0 Å². The van der Waals surface area contributed by atoms with Gasteiger partial charge in [-0.1, -0.05) is 12.1 Å². The number of aromatic nitrogens is 1. The molecule has 0 aliphatic heterocycles. The second-order valence-electron chi connectivity index (χ2n) is 3.21. The van der Waals surface area contributed by atoms with E-state index in [4.69, 9.17) is 4.52 Å². The second-order valence-corrected chi connectivity index (χ2v) is 3.21. The average Bonchev–Trinajstić information content (AvgIpc) is 2.47. The van der Waals surface area contributed by atoms with E-state index in [0.29, 0.717) is 5.76 Å². The Morgan fingerprint density at radius 3 is 2.69 bits per heavy atom. The van der Waals surface area contributed by atoms with Gasteiger partial charge in [0.25, 0.3) is 0 Å². The Morgan fingerprint density at radius 1 is 1.54 bits per heavy atom. The molecule has 2 nitrogen and oxygen atoms in total. The fraction of sp³-hybridized carbons (Fsp3) is 0.667. The number of hydrogen-bond acceptors (Lipinski definition) is 2. The molecular formula is C9H13F2NO. The van der Waals surface area contributed by atoms with Gasteiger partial charge in [-0.05, 0) is 13.3 Å². The molecule has 0 radical (unpaired) electrons. The Labute approximate surface area is 75.9 Å². The van der Waals surface area contributed by atoms with Gasteiger partial charge < -0.3 is 4.52 Å². The van der Waals surface area contributed by atoms with Gasteiger partial charge in [0.1, 0.15) is 5.76 Å². The first-order valence-electron chi connectivity index (χ1n) is 4.33. The highest BCUT2D eigenvalue weighted by atomic mass is 19.3. The van der Waals surface area contributed by atoms with Gasteiger partial charge in [-0.25, -0.2) is 8.78 Å². The predicted octanol–water partition coefficient (Wildman–Crippen LogP) is 2.82. The predicted molar refractivity (Wildman–Crippen MR) is 44.8 cm³/mol. The number of rotatable bonds is 4. The summed E-state index contributed by atoms with van der Waals surface area (Å²) in [6.45, 7) is 2.85. The summed E-state index contributed by atoms with van der Waals surface area (Å²) in [6, 6.07) is 1.73. The van der Waals surface area contributed by atoms with Crippen LogP contribution < -0.4 is 0 Å². The quantitative estimate of drug-likeness (QED) is 0.727. The van der Waals surface area contributed by atoms with Crippen LogP contribution in [0, 0.1) is 0 Å². The van der Waals surface area contributed by atoms with Crippen molar-refractivity contribution in [2.24, 2.45) is 0 Å². The average molecular weight is 189 g/mol. The first-order valence-corrected chi connectivity index (χ1v) is 4.33. The summed E-state index contributed by atoms with van der Waals surface area (Å²) in [6.07, 6.45) is 0.827. The minimum atomic E-state index is -2.63. The van der Waals surface area contributed by atoms with E-state index in [9.17, 15) is 8.78 Å². The fourth-order valence-electron chi connectivity index (χ4n) is 0.983. The molecule has 0 unspecified atom stereocenters. The van der Waals surface area contributed by atoms with E-state index in [1.165, 1.54) is 0 Å². The zero-order chi connectivity index (χ0) is 9.90. The third kappa shape index (κ3) is 3.53. The van der Waals surface area contributed by atoms with Gasteiger partial charge in [-0.2, -0.15) is 0 Å². The van der Waals surface area contributed by atoms with Crippen LogP contribution in [-0.2, 0) is 12.8 Å². The first kappa shape index (κ1) is 10.2. The summed E-state index contributed by atoms with van der Waals surface area (Å²) < 4.78 is 29.7. The van der Waals surface area contributed by atoms with Gasteiger partial charge in [0, 0.05) is 18.9 Å². The van der Waals surface area contributed by atoms with E-state index < -0.39 is 5.92 Å².